The van der Waals surface area contributed by atoms with Crippen LogP contribution < -0.4 is 0 Å². The third-order valence-electron chi connectivity index (χ3n) is 1.71. The zero-order chi connectivity index (χ0) is 9.19. The fourth-order valence-electron chi connectivity index (χ4n) is 0.970. The molecule has 1 nitrogen and oxygen atoms in total. The van der Waals surface area contributed by atoms with Crippen molar-refractivity contribution in [1.29, 1.82) is 0 Å². The fourth-order valence-corrected chi connectivity index (χ4v) is 2.09. The number of halogens is 2. The fraction of sp³-hybridized carbons (Fsp3) is 0.333. The number of rotatable bonds is 2. The van der Waals surface area contributed by atoms with E-state index in [0.29, 0.717) is 4.43 Å². The van der Waals surface area contributed by atoms with Crippen molar-refractivity contribution in [1.82, 2.24) is 0 Å². The molecular weight excluding hydrogens is 331 g/mol. The molecule has 0 bridgehead atoms. The van der Waals surface area contributed by atoms with Crippen LogP contribution in [0, 0.1) is 0 Å². The van der Waals surface area contributed by atoms with Crippen LogP contribution in [0.3, 0.4) is 0 Å². The van der Waals surface area contributed by atoms with E-state index in [2.05, 4.69) is 38.5 Å². The van der Waals surface area contributed by atoms with E-state index in [-0.39, 0.29) is 0 Å². The maximum Gasteiger partial charge on any atom is 0.0968 e. The average Bonchev–Trinajstić information content (AvgIpc) is 2.05. The van der Waals surface area contributed by atoms with Crippen molar-refractivity contribution in [3.63, 3.8) is 0 Å². The predicted molar refractivity (Wildman–Crippen MR) is 62.6 cm³/mol. The highest BCUT2D eigenvalue weighted by Gasteiger charge is 2.23. The summed E-state index contributed by atoms with van der Waals surface area (Å²) in [6.45, 7) is 1.82. The van der Waals surface area contributed by atoms with Crippen molar-refractivity contribution in [2.24, 2.45) is 0 Å². The van der Waals surface area contributed by atoms with Crippen molar-refractivity contribution in [2.75, 3.05) is 4.43 Å². The topological polar surface area (TPSA) is 20.2 Å². The maximum absolute atomic E-state index is 9.94. The standard InChI is InChI=1S/C9H10BrIO/c1-9(12,6-11)7-4-2-3-5-8(7)10/h2-5,12H,6H2,1H3. The molecular formula is C9H10BrIO. The van der Waals surface area contributed by atoms with Gasteiger partial charge in [-0.15, -0.1) is 0 Å². The van der Waals surface area contributed by atoms with Crippen molar-refractivity contribution < 1.29 is 5.11 Å². The number of hydrogen-bond donors (Lipinski definition) is 1. The summed E-state index contributed by atoms with van der Waals surface area (Å²) in [6.07, 6.45) is 0. The second-order valence-electron chi connectivity index (χ2n) is 2.89. The Balaban J connectivity index is 3.10. The van der Waals surface area contributed by atoms with E-state index < -0.39 is 5.60 Å². The van der Waals surface area contributed by atoms with Crippen LogP contribution in [0.2, 0.25) is 0 Å². The molecule has 1 unspecified atom stereocenters. The molecule has 0 aliphatic carbocycles. The largest absolute Gasteiger partial charge is 0.385 e. The summed E-state index contributed by atoms with van der Waals surface area (Å²) in [5, 5.41) is 9.94. The highest BCUT2D eigenvalue weighted by atomic mass is 127. The number of benzene rings is 1. The van der Waals surface area contributed by atoms with E-state index in [1.54, 1.807) is 0 Å². The summed E-state index contributed by atoms with van der Waals surface area (Å²) in [5.41, 5.74) is 0.208. The summed E-state index contributed by atoms with van der Waals surface area (Å²) in [5.74, 6) is 0. The van der Waals surface area contributed by atoms with Gasteiger partial charge in [0.05, 0.1) is 5.60 Å². The molecule has 1 N–H and O–H groups in total. The number of hydrogen-bond acceptors (Lipinski definition) is 1. The van der Waals surface area contributed by atoms with Gasteiger partial charge in [0.1, 0.15) is 0 Å². The molecule has 0 heterocycles. The first-order chi connectivity index (χ1) is 5.58. The minimum atomic E-state index is -0.735. The van der Waals surface area contributed by atoms with Gasteiger partial charge in [0.15, 0.2) is 0 Å². The summed E-state index contributed by atoms with van der Waals surface area (Å²) < 4.78 is 1.65. The van der Waals surface area contributed by atoms with Gasteiger partial charge in [-0.3, -0.25) is 0 Å². The summed E-state index contributed by atoms with van der Waals surface area (Å²) in [6, 6.07) is 7.75. The second-order valence-corrected chi connectivity index (χ2v) is 4.50. The van der Waals surface area contributed by atoms with Gasteiger partial charge in [0.25, 0.3) is 0 Å². The van der Waals surface area contributed by atoms with Crippen LogP contribution in [-0.2, 0) is 5.60 Å². The van der Waals surface area contributed by atoms with E-state index in [9.17, 15) is 5.11 Å². The lowest BCUT2D eigenvalue weighted by atomic mass is 9.99. The Bertz CT molecular complexity index is 273. The Kier molecular flexibility index (Phi) is 3.55. The van der Waals surface area contributed by atoms with Crippen LogP contribution in [0.15, 0.2) is 28.7 Å². The van der Waals surface area contributed by atoms with Gasteiger partial charge in [0.2, 0.25) is 0 Å². The van der Waals surface area contributed by atoms with Crippen LogP contribution in [0.1, 0.15) is 12.5 Å². The van der Waals surface area contributed by atoms with Crippen LogP contribution in [-0.4, -0.2) is 9.53 Å². The molecule has 66 valence electrons. The number of aliphatic hydroxyl groups is 1. The van der Waals surface area contributed by atoms with Gasteiger partial charge in [-0.1, -0.05) is 56.7 Å². The highest BCUT2D eigenvalue weighted by Crippen LogP contribution is 2.29. The van der Waals surface area contributed by atoms with Gasteiger partial charge in [-0.2, -0.15) is 0 Å². The van der Waals surface area contributed by atoms with Gasteiger partial charge < -0.3 is 5.11 Å². The monoisotopic (exact) mass is 340 g/mol. The van der Waals surface area contributed by atoms with Crippen LogP contribution >= 0.6 is 38.5 Å². The Morgan fingerprint density at radius 3 is 2.58 bits per heavy atom. The predicted octanol–water partition coefficient (Wildman–Crippen LogP) is 3.09. The van der Waals surface area contributed by atoms with Crippen LogP contribution in [0.25, 0.3) is 0 Å². The molecule has 0 saturated heterocycles. The Labute approximate surface area is 94.4 Å². The number of alkyl halides is 1. The van der Waals surface area contributed by atoms with Crippen molar-refractivity contribution in [3.8, 4) is 0 Å². The van der Waals surface area contributed by atoms with Gasteiger partial charge in [-0.05, 0) is 18.6 Å². The van der Waals surface area contributed by atoms with E-state index in [4.69, 9.17) is 0 Å². The molecule has 0 aliphatic rings. The summed E-state index contributed by atoms with van der Waals surface area (Å²) >= 11 is 5.59. The van der Waals surface area contributed by atoms with Gasteiger partial charge in [-0.25, -0.2) is 0 Å². The first kappa shape index (κ1) is 10.5. The van der Waals surface area contributed by atoms with Crippen molar-refractivity contribution in [2.45, 2.75) is 12.5 Å². The second kappa shape index (κ2) is 4.07. The minimum absolute atomic E-state index is 0.688. The molecule has 1 rings (SSSR count). The van der Waals surface area contributed by atoms with Gasteiger partial charge in [0, 0.05) is 8.90 Å². The Morgan fingerprint density at radius 2 is 2.08 bits per heavy atom. The lowest BCUT2D eigenvalue weighted by molar-refractivity contribution is 0.0864. The Morgan fingerprint density at radius 1 is 1.50 bits per heavy atom. The molecule has 1 atom stereocenters. The minimum Gasteiger partial charge on any atom is -0.385 e. The van der Waals surface area contributed by atoms with E-state index in [1.807, 2.05) is 31.2 Å². The molecule has 12 heavy (non-hydrogen) atoms. The van der Waals surface area contributed by atoms with Crippen LogP contribution in [0.5, 0.6) is 0 Å². The van der Waals surface area contributed by atoms with E-state index in [1.165, 1.54) is 0 Å². The first-order valence-corrected chi connectivity index (χ1v) is 5.93. The lowest BCUT2D eigenvalue weighted by Gasteiger charge is -2.22. The first-order valence-electron chi connectivity index (χ1n) is 3.61. The molecule has 1 aromatic carbocycles. The summed E-state index contributed by atoms with van der Waals surface area (Å²) in [7, 11) is 0. The van der Waals surface area contributed by atoms with E-state index in [0.717, 1.165) is 10.0 Å². The third-order valence-corrected chi connectivity index (χ3v) is 3.89. The smallest absolute Gasteiger partial charge is 0.0968 e. The average molecular weight is 341 g/mol. The SMILES string of the molecule is CC(O)(CI)c1ccccc1Br. The van der Waals surface area contributed by atoms with Crippen molar-refractivity contribution >= 4 is 38.5 Å². The molecule has 0 saturated carbocycles. The molecule has 0 amide bonds. The Hall–Kier alpha value is 0.390. The highest BCUT2D eigenvalue weighted by molar-refractivity contribution is 14.1. The molecule has 0 radical (unpaired) electrons. The normalized spacial score (nSPS) is 15.7. The summed E-state index contributed by atoms with van der Waals surface area (Å²) in [4.78, 5) is 0. The zero-order valence-corrected chi connectivity index (χ0v) is 10.5. The molecule has 3 heteroatoms. The van der Waals surface area contributed by atoms with Crippen molar-refractivity contribution in [3.05, 3.63) is 34.3 Å². The zero-order valence-electron chi connectivity index (χ0n) is 6.72. The quantitative estimate of drug-likeness (QED) is 0.648. The third kappa shape index (κ3) is 2.20. The molecule has 0 spiro atoms. The molecule has 0 fully saturated rings. The van der Waals surface area contributed by atoms with Crippen LogP contribution in [0.4, 0.5) is 0 Å². The lowest BCUT2D eigenvalue weighted by Crippen LogP contribution is -2.23. The molecule has 0 aliphatic heterocycles. The molecule has 1 aromatic rings. The maximum atomic E-state index is 9.94. The molecule has 0 aromatic heterocycles. The van der Waals surface area contributed by atoms with E-state index >= 15 is 0 Å². The van der Waals surface area contributed by atoms with Gasteiger partial charge >= 0.3 is 0 Å².